The van der Waals surface area contributed by atoms with Gasteiger partial charge in [-0.25, -0.2) is 13.2 Å². The lowest BCUT2D eigenvalue weighted by Crippen LogP contribution is -2.49. The van der Waals surface area contributed by atoms with Crippen molar-refractivity contribution in [2.24, 2.45) is 0 Å². The van der Waals surface area contributed by atoms with Gasteiger partial charge in [-0.15, -0.1) is 0 Å². The third-order valence-corrected chi connectivity index (χ3v) is 8.29. The van der Waals surface area contributed by atoms with Gasteiger partial charge in [0.2, 0.25) is 10.0 Å². The average Bonchev–Trinajstić information content (AvgIpc) is 2.71. The van der Waals surface area contributed by atoms with Crippen LogP contribution in [-0.4, -0.2) is 73.5 Å². The molecule has 2 aliphatic rings. The molecule has 178 valence electrons. The fourth-order valence-electron chi connectivity index (χ4n) is 4.49. The topological polar surface area (TPSA) is 93.2 Å². The number of rotatable bonds is 5. The largest absolute Gasteiger partial charge is 0.452 e. The van der Waals surface area contributed by atoms with Crippen LogP contribution in [0.1, 0.15) is 57.3 Å². The minimum Gasteiger partial charge on any atom is -0.452 e. The summed E-state index contributed by atoms with van der Waals surface area (Å²) in [6.45, 7) is 7.56. The number of piperidine rings is 1. The number of ether oxygens (including phenoxy) is 2. The van der Waals surface area contributed by atoms with Crippen molar-refractivity contribution in [3.8, 4) is 0 Å². The van der Waals surface area contributed by atoms with Crippen molar-refractivity contribution >= 4 is 33.5 Å². The number of esters is 1. The molecule has 2 aliphatic heterocycles. The molecule has 3 rings (SSSR count). The van der Waals surface area contributed by atoms with Gasteiger partial charge in [0.05, 0.1) is 22.8 Å². The second-order valence-electron chi connectivity index (χ2n) is 8.73. The standard InChI is InChI=1S/C22H31ClN2O6S/c1-14-6-5-7-15(2)25(14)21(26)13-30-22(27)18-8-9-19(23)20(10-18)32(28,29)24-11-16(3)31-17(4)12-24/h8-10,14-17H,5-7,11-13H2,1-4H3/t14-,15-,16+,17+/m0/s1. The number of hydrogen-bond donors (Lipinski definition) is 0. The van der Waals surface area contributed by atoms with Gasteiger partial charge < -0.3 is 14.4 Å². The summed E-state index contributed by atoms with van der Waals surface area (Å²) in [5.74, 6) is -1.02. The summed E-state index contributed by atoms with van der Waals surface area (Å²) in [5, 5.41) is 0.0143. The first kappa shape index (κ1) is 25.0. The number of sulfonamides is 1. The van der Waals surface area contributed by atoms with Gasteiger partial charge in [-0.05, 0) is 65.2 Å². The first-order chi connectivity index (χ1) is 15.0. The van der Waals surface area contributed by atoms with Gasteiger partial charge in [-0.2, -0.15) is 4.31 Å². The molecule has 0 radical (unpaired) electrons. The van der Waals surface area contributed by atoms with Crippen LogP contribution in [0.5, 0.6) is 0 Å². The summed E-state index contributed by atoms with van der Waals surface area (Å²) < 4.78 is 38.5. The van der Waals surface area contributed by atoms with E-state index in [-0.39, 0.29) is 58.8 Å². The summed E-state index contributed by atoms with van der Waals surface area (Å²) in [5.41, 5.74) is 0.0230. The molecule has 10 heteroatoms. The summed E-state index contributed by atoms with van der Waals surface area (Å²) in [4.78, 5) is 26.8. The first-order valence-corrected chi connectivity index (χ1v) is 12.8. The van der Waals surface area contributed by atoms with Crippen molar-refractivity contribution in [2.45, 2.75) is 76.1 Å². The van der Waals surface area contributed by atoms with Crippen molar-refractivity contribution in [1.82, 2.24) is 9.21 Å². The Labute approximate surface area is 194 Å². The average molecular weight is 487 g/mol. The zero-order valence-corrected chi connectivity index (χ0v) is 20.5. The van der Waals surface area contributed by atoms with Crippen LogP contribution in [-0.2, 0) is 24.3 Å². The highest BCUT2D eigenvalue weighted by atomic mass is 35.5. The molecule has 0 spiro atoms. The molecule has 0 unspecified atom stereocenters. The van der Waals surface area contributed by atoms with Crippen LogP contribution in [0.3, 0.4) is 0 Å². The Morgan fingerprint density at radius 1 is 1.09 bits per heavy atom. The molecule has 2 heterocycles. The van der Waals surface area contributed by atoms with E-state index in [0.29, 0.717) is 0 Å². The smallest absolute Gasteiger partial charge is 0.338 e. The number of hydrogen-bond acceptors (Lipinski definition) is 6. The van der Waals surface area contributed by atoms with Crippen LogP contribution in [0.15, 0.2) is 23.1 Å². The maximum atomic E-state index is 13.2. The van der Waals surface area contributed by atoms with Crippen LogP contribution >= 0.6 is 11.6 Å². The zero-order chi connectivity index (χ0) is 23.6. The molecule has 1 aromatic carbocycles. The van der Waals surface area contributed by atoms with E-state index in [1.807, 2.05) is 13.8 Å². The van der Waals surface area contributed by atoms with Gasteiger partial charge in [0.1, 0.15) is 4.90 Å². The van der Waals surface area contributed by atoms with Crippen LogP contribution in [0, 0.1) is 0 Å². The summed E-state index contributed by atoms with van der Waals surface area (Å²) >= 11 is 6.19. The second kappa shape index (κ2) is 10.1. The van der Waals surface area contributed by atoms with Gasteiger partial charge in [0.15, 0.2) is 6.61 Å². The van der Waals surface area contributed by atoms with Crippen LogP contribution in [0.2, 0.25) is 5.02 Å². The van der Waals surface area contributed by atoms with E-state index in [4.69, 9.17) is 21.1 Å². The molecule has 0 bridgehead atoms. The Morgan fingerprint density at radius 3 is 2.28 bits per heavy atom. The quantitative estimate of drug-likeness (QED) is 0.594. The van der Waals surface area contributed by atoms with E-state index < -0.39 is 22.6 Å². The summed E-state index contributed by atoms with van der Waals surface area (Å²) in [6, 6.07) is 4.15. The second-order valence-corrected chi connectivity index (χ2v) is 11.0. The molecule has 4 atom stereocenters. The lowest BCUT2D eigenvalue weighted by Gasteiger charge is -2.38. The SMILES string of the molecule is C[C@@H]1CN(S(=O)(=O)c2cc(C(=O)OCC(=O)N3[C@@H](C)CCC[C@@H]3C)ccc2Cl)C[C@@H](C)O1. The van der Waals surface area contributed by atoms with E-state index in [0.717, 1.165) is 19.3 Å². The lowest BCUT2D eigenvalue weighted by atomic mass is 9.97. The first-order valence-electron chi connectivity index (χ1n) is 10.9. The summed E-state index contributed by atoms with van der Waals surface area (Å²) in [7, 11) is -3.94. The van der Waals surface area contributed by atoms with E-state index in [2.05, 4.69) is 0 Å². The van der Waals surface area contributed by atoms with Crippen molar-refractivity contribution in [2.75, 3.05) is 19.7 Å². The highest BCUT2D eigenvalue weighted by molar-refractivity contribution is 7.89. The molecule has 2 fully saturated rings. The van der Waals surface area contributed by atoms with Gasteiger partial charge in [-0.1, -0.05) is 11.6 Å². The van der Waals surface area contributed by atoms with Crippen molar-refractivity contribution in [3.05, 3.63) is 28.8 Å². The van der Waals surface area contributed by atoms with Crippen LogP contribution in [0.4, 0.5) is 0 Å². The molecule has 8 nitrogen and oxygen atoms in total. The Hall–Kier alpha value is -1.68. The van der Waals surface area contributed by atoms with Gasteiger partial charge in [0, 0.05) is 25.2 Å². The fraction of sp³-hybridized carbons (Fsp3) is 0.636. The minimum absolute atomic E-state index is 0.0143. The number of carbonyl (C=O) groups is 2. The van der Waals surface area contributed by atoms with Gasteiger partial charge in [-0.3, -0.25) is 4.79 Å². The Morgan fingerprint density at radius 2 is 1.69 bits per heavy atom. The fourth-order valence-corrected chi connectivity index (χ4v) is 6.58. The minimum atomic E-state index is -3.94. The molecule has 0 aliphatic carbocycles. The maximum absolute atomic E-state index is 13.2. The molecule has 0 saturated carbocycles. The third kappa shape index (κ3) is 5.44. The van der Waals surface area contributed by atoms with E-state index in [1.54, 1.807) is 18.7 Å². The number of likely N-dealkylation sites (tertiary alicyclic amines) is 1. The van der Waals surface area contributed by atoms with Gasteiger partial charge >= 0.3 is 5.97 Å². The normalized spacial score (nSPS) is 27.2. The van der Waals surface area contributed by atoms with Crippen molar-refractivity contribution in [1.29, 1.82) is 0 Å². The Bertz CT molecular complexity index is 949. The summed E-state index contributed by atoms with van der Waals surface area (Å²) in [6.07, 6.45) is 2.38. The van der Waals surface area contributed by atoms with E-state index in [9.17, 15) is 18.0 Å². The molecule has 2 saturated heterocycles. The van der Waals surface area contributed by atoms with Crippen LogP contribution in [0.25, 0.3) is 0 Å². The molecular weight excluding hydrogens is 456 g/mol. The predicted molar refractivity (Wildman–Crippen MR) is 120 cm³/mol. The molecule has 0 aromatic heterocycles. The number of carbonyl (C=O) groups excluding carboxylic acids is 2. The number of morpholine rings is 1. The highest BCUT2D eigenvalue weighted by Gasteiger charge is 2.34. The molecule has 1 aromatic rings. The number of nitrogens with zero attached hydrogens (tertiary/aromatic N) is 2. The van der Waals surface area contributed by atoms with Crippen LogP contribution < -0.4 is 0 Å². The van der Waals surface area contributed by atoms with Gasteiger partial charge in [0.25, 0.3) is 5.91 Å². The molecule has 1 amide bonds. The van der Waals surface area contributed by atoms with E-state index in [1.165, 1.54) is 22.5 Å². The third-order valence-electron chi connectivity index (χ3n) is 5.98. The number of benzene rings is 1. The Kier molecular flexibility index (Phi) is 7.85. The van der Waals surface area contributed by atoms with E-state index >= 15 is 0 Å². The predicted octanol–water partition coefficient (Wildman–Crippen LogP) is 3.08. The molecular formula is C22H31ClN2O6S. The molecule has 0 N–H and O–H groups in total. The maximum Gasteiger partial charge on any atom is 0.338 e. The highest BCUT2D eigenvalue weighted by Crippen LogP contribution is 2.28. The Balaban J connectivity index is 1.73. The zero-order valence-electron chi connectivity index (χ0n) is 18.9. The van der Waals surface area contributed by atoms with Crippen molar-refractivity contribution in [3.63, 3.8) is 0 Å². The van der Waals surface area contributed by atoms with Crippen molar-refractivity contribution < 1.29 is 27.5 Å². The number of halogens is 1. The monoisotopic (exact) mass is 486 g/mol. The number of amides is 1. The lowest BCUT2D eigenvalue weighted by molar-refractivity contribution is -0.140. The molecule has 32 heavy (non-hydrogen) atoms.